The molecule has 0 spiro atoms. The first kappa shape index (κ1) is 17.8. The van der Waals surface area contributed by atoms with Gasteiger partial charge in [0.25, 0.3) is 0 Å². The number of carbonyl (C=O) groups excluding carboxylic acids is 1. The van der Waals surface area contributed by atoms with Crippen LogP contribution in [0.5, 0.6) is 0 Å². The van der Waals surface area contributed by atoms with Crippen molar-refractivity contribution in [2.24, 2.45) is 0 Å². The SMILES string of the molecule is CCN(C)C1CCN(S(=O)(=O)c2ccc(F)c(NC(C)=O)c2)C1. The van der Waals surface area contributed by atoms with Crippen molar-refractivity contribution in [1.29, 1.82) is 0 Å². The Hall–Kier alpha value is -1.51. The van der Waals surface area contributed by atoms with Crippen LogP contribution in [0.15, 0.2) is 23.1 Å². The zero-order chi connectivity index (χ0) is 17.2. The van der Waals surface area contributed by atoms with Crippen molar-refractivity contribution < 1.29 is 17.6 Å². The first-order valence-electron chi connectivity index (χ1n) is 7.53. The second-order valence-corrected chi connectivity index (χ2v) is 7.64. The lowest BCUT2D eigenvalue weighted by Gasteiger charge is -2.23. The van der Waals surface area contributed by atoms with Crippen LogP contribution in [0, 0.1) is 5.82 Å². The molecule has 0 radical (unpaired) electrons. The molecule has 6 nitrogen and oxygen atoms in total. The van der Waals surface area contributed by atoms with Crippen LogP contribution in [-0.2, 0) is 14.8 Å². The average molecular weight is 343 g/mol. The third-order valence-corrected chi connectivity index (χ3v) is 6.00. The number of halogens is 1. The molecule has 1 aliphatic rings. The maximum Gasteiger partial charge on any atom is 0.243 e. The van der Waals surface area contributed by atoms with Gasteiger partial charge in [-0.3, -0.25) is 4.79 Å². The highest BCUT2D eigenvalue weighted by molar-refractivity contribution is 7.89. The molecule has 8 heteroatoms. The number of rotatable bonds is 5. The Morgan fingerprint density at radius 3 is 2.78 bits per heavy atom. The van der Waals surface area contributed by atoms with Crippen LogP contribution in [0.4, 0.5) is 10.1 Å². The van der Waals surface area contributed by atoms with Gasteiger partial charge in [-0.15, -0.1) is 0 Å². The Morgan fingerprint density at radius 1 is 1.48 bits per heavy atom. The van der Waals surface area contributed by atoms with Gasteiger partial charge in [0.15, 0.2) is 0 Å². The number of nitrogens with one attached hydrogen (secondary N) is 1. The van der Waals surface area contributed by atoms with Gasteiger partial charge in [0, 0.05) is 26.1 Å². The molecule has 1 heterocycles. The molecule has 1 saturated heterocycles. The van der Waals surface area contributed by atoms with E-state index in [4.69, 9.17) is 0 Å². The summed E-state index contributed by atoms with van der Waals surface area (Å²) in [7, 11) is -1.73. The summed E-state index contributed by atoms with van der Waals surface area (Å²) in [5.74, 6) is -1.12. The Labute approximate surface area is 136 Å². The molecular formula is C15H22FN3O3S. The summed E-state index contributed by atoms with van der Waals surface area (Å²) >= 11 is 0. The van der Waals surface area contributed by atoms with Crippen LogP contribution < -0.4 is 5.32 Å². The monoisotopic (exact) mass is 343 g/mol. The van der Waals surface area contributed by atoms with Crippen molar-refractivity contribution in [1.82, 2.24) is 9.21 Å². The van der Waals surface area contributed by atoms with E-state index in [1.54, 1.807) is 0 Å². The minimum Gasteiger partial charge on any atom is -0.324 e. The van der Waals surface area contributed by atoms with Gasteiger partial charge in [-0.25, -0.2) is 12.8 Å². The second-order valence-electron chi connectivity index (χ2n) is 5.70. The fraction of sp³-hybridized carbons (Fsp3) is 0.533. The molecule has 0 aromatic heterocycles. The highest BCUT2D eigenvalue weighted by atomic mass is 32.2. The van der Waals surface area contributed by atoms with Gasteiger partial charge in [-0.1, -0.05) is 6.92 Å². The quantitative estimate of drug-likeness (QED) is 0.880. The summed E-state index contributed by atoms with van der Waals surface area (Å²) < 4.78 is 40.5. The molecule has 1 unspecified atom stereocenters. The summed E-state index contributed by atoms with van der Waals surface area (Å²) in [5.41, 5.74) is -0.125. The molecule has 0 aliphatic carbocycles. The topological polar surface area (TPSA) is 69.7 Å². The number of nitrogens with zero attached hydrogens (tertiary/aromatic N) is 2. The molecule has 1 aromatic carbocycles. The summed E-state index contributed by atoms with van der Waals surface area (Å²) in [6, 6.07) is 3.64. The first-order valence-corrected chi connectivity index (χ1v) is 8.97. The highest BCUT2D eigenvalue weighted by Gasteiger charge is 2.34. The molecule has 0 saturated carbocycles. The molecule has 0 bridgehead atoms. The maximum atomic E-state index is 13.7. The fourth-order valence-corrected chi connectivity index (χ4v) is 4.17. The normalized spacial score (nSPS) is 19.3. The Balaban J connectivity index is 2.25. The van der Waals surface area contributed by atoms with Crippen LogP contribution in [0.25, 0.3) is 0 Å². The lowest BCUT2D eigenvalue weighted by Crippen LogP contribution is -2.36. The van der Waals surface area contributed by atoms with Gasteiger partial charge < -0.3 is 10.2 Å². The lowest BCUT2D eigenvalue weighted by atomic mass is 10.2. The van der Waals surface area contributed by atoms with Crippen LogP contribution in [0.3, 0.4) is 0 Å². The molecule has 1 N–H and O–H groups in total. The summed E-state index contributed by atoms with van der Waals surface area (Å²) in [6.45, 7) is 4.97. The highest BCUT2D eigenvalue weighted by Crippen LogP contribution is 2.26. The van der Waals surface area contributed by atoms with E-state index in [0.29, 0.717) is 13.1 Å². The molecular weight excluding hydrogens is 321 g/mol. The van der Waals surface area contributed by atoms with Crippen LogP contribution in [0.1, 0.15) is 20.3 Å². The predicted molar refractivity (Wildman–Crippen MR) is 86.2 cm³/mol. The van der Waals surface area contributed by atoms with E-state index in [-0.39, 0.29) is 16.6 Å². The van der Waals surface area contributed by atoms with E-state index in [0.717, 1.165) is 19.0 Å². The molecule has 23 heavy (non-hydrogen) atoms. The molecule has 1 aromatic rings. The molecule has 1 fully saturated rings. The maximum absolute atomic E-state index is 13.7. The minimum absolute atomic E-state index is 0.0116. The first-order chi connectivity index (χ1) is 10.8. The van der Waals surface area contributed by atoms with E-state index >= 15 is 0 Å². The van der Waals surface area contributed by atoms with Crippen LogP contribution >= 0.6 is 0 Å². The number of hydrogen-bond acceptors (Lipinski definition) is 4. The summed E-state index contributed by atoms with van der Waals surface area (Å²) in [6.07, 6.45) is 0.767. The molecule has 128 valence electrons. The lowest BCUT2D eigenvalue weighted by molar-refractivity contribution is -0.114. The van der Waals surface area contributed by atoms with Crippen molar-refractivity contribution in [2.45, 2.75) is 31.2 Å². The van der Waals surface area contributed by atoms with Crippen LogP contribution in [-0.4, -0.2) is 56.3 Å². The Kier molecular flexibility index (Phi) is 5.38. The van der Waals surface area contributed by atoms with Gasteiger partial charge in [-0.05, 0) is 38.2 Å². The summed E-state index contributed by atoms with van der Waals surface area (Å²) in [4.78, 5) is 13.2. The van der Waals surface area contributed by atoms with Crippen molar-refractivity contribution in [2.75, 3.05) is 32.0 Å². The number of sulfonamides is 1. The third kappa shape index (κ3) is 3.88. The zero-order valence-electron chi connectivity index (χ0n) is 13.5. The van der Waals surface area contributed by atoms with Gasteiger partial charge >= 0.3 is 0 Å². The van der Waals surface area contributed by atoms with Gasteiger partial charge in [0.1, 0.15) is 5.82 Å². The van der Waals surface area contributed by atoms with Crippen LogP contribution in [0.2, 0.25) is 0 Å². The standard InChI is InChI=1S/C15H22FN3O3S/c1-4-18(3)12-7-8-19(10-12)23(21,22)13-5-6-14(16)15(9-13)17-11(2)20/h5-6,9,12H,4,7-8,10H2,1-3H3,(H,17,20). The largest absolute Gasteiger partial charge is 0.324 e. The number of amides is 1. The smallest absolute Gasteiger partial charge is 0.243 e. The third-order valence-electron chi connectivity index (χ3n) is 4.13. The Morgan fingerprint density at radius 2 is 2.17 bits per heavy atom. The summed E-state index contributed by atoms with van der Waals surface area (Å²) in [5, 5.41) is 2.31. The van der Waals surface area contributed by atoms with E-state index in [1.807, 2.05) is 14.0 Å². The molecule has 2 rings (SSSR count). The van der Waals surface area contributed by atoms with Gasteiger partial charge in [0.05, 0.1) is 10.6 Å². The number of anilines is 1. The van der Waals surface area contributed by atoms with E-state index < -0.39 is 21.7 Å². The Bertz CT molecular complexity index is 693. The van der Waals surface area contributed by atoms with E-state index in [2.05, 4.69) is 10.2 Å². The molecule has 1 amide bonds. The van der Waals surface area contributed by atoms with E-state index in [9.17, 15) is 17.6 Å². The van der Waals surface area contributed by atoms with E-state index in [1.165, 1.54) is 23.4 Å². The van der Waals surface area contributed by atoms with Crippen molar-refractivity contribution in [3.63, 3.8) is 0 Å². The number of carbonyl (C=O) groups is 1. The second kappa shape index (κ2) is 6.94. The predicted octanol–water partition coefficient (Wildman–Crippen LogP) is 1.50. The molecule has 1 atom stereocenters. The number of benzene rings is 1. The minimum atomic E-state index is -3.70. The van der Waals surface area contributed by atoms with Crippen molar-refractivity contribution in [3.8, 4) is 0 Å². The van der Waals surface area contributed by atoms with Crippen molar-refractivity contribution in [3.05, 3.63) is 24.0 Å². The van der Waals surface area contributed by atoms with Crippen molar-refractivity contribution >= 4 is 21.6 Å². The number of hydrogen-bond donors (Lipinski definition) is 1. The molecule has 1 aliphatic heterocycles. The van der Waals surface area contributed by atoms with Gasteiger partial charge in [-0.2, -0.15) is 4.31 Å². The zero-order valence-corrected chi connectivity index (χ0v) is 14.4. The fourth-order valence-electron chi connectivity index (χ4n) is 2.65. The van der Waals surface area contributed by atoms with Gasteiger partial charge in [0.2, 0.25) is 15.9 Å². The number of likely N-dealkylation sites (N-methyl/N-ethyl adjacent to an activating group) is 1. The average Bonchev–Trinajstić information content (AvgIpc) is 2.98.